The largest absolute Gasteiger partial charge is 0.392 e. The number of halogens is 1. The average Bonchev–Trinajstić information content (AvgIpc) is 3.17. The van der Waals surface area contributed by atoms with E-state index in [4.69, 9.17) is 4.98 Å². The summed E-state index contributed by atoms with van der Waals surface area (Å²) >= 11 is 1.66. The molecule has 6 atom stereocenters. The highest BCUT2D eigenvalue weighted by atomic mass is 32.1. The number of hydrogen-bond donors (Lipinski definition) is 2. The highest BCUT2D eigenvalue weighted by molar-refractivity contribution is 7.15. The highest BCUT2D eigenvalue weighted by Gasteiger charge is 2.54. The first-order valence-electron chi connectivity index (χ1n) is 12.2. The van der Waals surface area contributed by atoms with E-state index in [0.29, 0.717) is 13.1 Å². The lowest BCUT2D eigenvalue weighted by Crippen LogP contribution is -2.53. The fraction of sp³-hybridized carbons (Fsp3) is 0.615. The molecule has 0 aliphatic heterocycles. The lowest BCUT2D eigenvalue weighted by molar-refractivity contribution is -0.144. The van der Waals surface area contributed by atoms with Gasteiger partial charge in [-0.2, -0.15) is 0 Å². The molecule has 180 valence electrons. The van der Waals surface area contributed by atoms with E-state index < -0.39 is 6.10 Å². The third-order valence-corrected chi connectivity index (χ3v) is 9.11. The van der Waals surface area contributed by atoms with Gasteiger partial charge in [-0.05, 0) is 74.6 Å². The van der Waals surface area contributed by atoms with Gasteiger partial charge in [0.1, 0.15) is 5.82 Å². The molecule has 2 aliphatic carbocycles. The van der Waals surface area contributed by atoms with E-state index in [1.54, 1.807) is 23.5 Å². The molecule has 1 heterocycles. The van der Waals surface area contributed by atoms with Crippen LogP contribution in [0.2, 0.25) is 0 Å². The number of carbonyl (C=O) groups excluding carboxylic acids is 1. The number of anilines is 2. The Morgan fingerprint density at radius 1 is 1.33 bits per heavy atom. The Balaban J connectivity index is 1.57. The first kappa shape index (κ1) is 24.1. The lowest BCUT2D eigenvalue weighted by atomic mass is 9.53. The van der Waals surface area contributed by atoms with Crippen molar-refractivity contribution in [2.45, 2.75) is 65.9 Å². The molecule has 1 aromatic carbocycles. The molecule has 2 aliphatic rings. The maximum absolute atomic E-state index is 13.2. The van der Waals surface area contributed by atoms with Crippen LogP contribution in [0.5, 0.6) is 0 Å². The van der Waals surface area contributed by atoms with Crippen molar-refractivity contribution in [1.29, 1.82) is 0 Å². The maximum atomic E-state index is 13.2. The van der Waals surface area contributed by atoms with E-state index in [1.807, 2.05) is 25.7 Å². The fourth-order valence-corrected chi connectivity index (χ4v) is 7.55. The monoisotopic (exact) mass is 473 g/mol. The van der Waals surface area contributed by atoms with E-state index in [-0.39, 0.29) is 40.8 Å². The molecule has 2 aromatic rings. The number of carbonyl (C=O) groups is 1. The van der Waals surface area contributed by atoms with Gasteiger partial charge in [-0.15, -0.1) is 11.3 Å². The van der Waals surface area contributed by atoms with E-state index in [2.05, 4.69) is 19.2 Å². The predicted molar refractivity (Wildman–Crippen MR) is 131 cm³/mol. The zero-order valence-electron chi connectivity index (χ0n) is 20.3. The van der Waals surface area contributed by atoms with Crippen LogP contribution in [-0.4, -0.2) is 40.1 Å². The number of amides is 1. The number of aliphatic hydroxyl groups excluding tert-OH is 1. The molecule has 1 amide bonds. The number of rotatable bonds is 6. The number of nitrogens with one attached hydrogen (secondary N) is 1. The molecule has 0 bridgehead atoms. The van der Waals surface area contributed by atoms with Crippen LogP contribution in [0.25, 0.3) is 0 Å². The Hall–Kier alpha value is -1.99. The first-order chi connectivity index (χ1) is 15.7. The summed E-state index contributed by atoms with van der Waals surface area (Å²) < 4.78 is 13.2. The Morgan fingerprint density at radius 2 is 2.00 bits per heavy atom. The molecular formula is C26H36FN3O2S. The lowest BCUT2D eigenvalue weighted by Gasteiger charge is -2.53. The van der Waals surface area contributed by atoms with Gasteiger partial charge >= 0.3 is 0 Å². The van der Waals surface area contributed by atoms with Crippen LogP contribution in [0.3, 0.4) is 0 Å². The SMILES string of the molecule is CCN(CC)C(=O)[C@@H](C)[C@@H]1CC[C@@]2(C)Cc3sc(Nc4ccc(F)cc4)nc3[C@@H](C)[C@@H]2[C@H]1O. The van der Waals surface area contributed by atoms with Crippen molar-refractivity contribution in [3.05, 3.63) is 40.7 Å². The van der Waals surface area contributed by atoms with Gasteiger partial charge in [0, 0.05) is 35.5 Å². The summed E-state index contributed by atoms with van der Waals surface area (Å²) in [4.78, 5) is 21.1. The van der Waals surface area contributed by atoms with Gasteiger partial charge in [0.2, 0.25) is 5.91 Å². The summed E-state index contributed by atoms with van der Waals surface area (Å²) in [5.74, 6) is -0.165. The molecule has 33 heavy (non-hydrogen) atoms. The van der Waals surface area contributed by atoms with Crippen LogP contribution in [0.1, 0.15) is 63.9 Å². The Labute approximate surface area is 200 Å². The number of aromatic nitrogens is 1. The topological polar surface area (TPSA) is 65.5 Å². The molecule has 5 nitrogen and oxygen atoms in total. The van der Waals surface area contributed by atoms with Crippen molar-refractivity contribution >= 4 is 28.1 Å². The molecule has 2 N–H and O–H groups in total. The molecule has 7 heteroatoms. The van der Waals surface area contributed by atoms with E-state index in [9.17, 15) is 14.3 Å². The van der Waals surface area contributed by atoms with Crippen molar-refractivity contribution in [2.24, 2.45) is 23.2 Å². The number of fused-ring (bicyclic) bond motifs is 2. The number of benzene rings is 1. The fourth-order valence-electron chi connectivity index (χ4n) is 6.26. The third-order valence-electron chi connectivity index (χ3n) is 8.12. The van der Waals surface area contributed by atoms with E-state index >= 15 is 0 Å². The van der Waals surface area contributed by atoms with Crippen LogP contribution < -0.4 is 5.32 Å². The summed E-state index contributed by atoms with van der Waals surface area (Å²) in [6.45, 7) is 11.9. The van der Waals surface area contributed by atoms with Crippen molar-refractivity contribution in [2.75, 3.05) is 18.4 Å². The average molecular weight is 474 g/mol. The second kappa shape index (κ2) is 9.34. The standard InChI is InChI=1S/C26H36FN3O2S/c1-6-30(7-2)24(32)15(3)19-12-13-26(5)14-20-22(16(4)21(26)23(19)31)29-25(33-20)28-18-10-8-17(27)9-11-18/h8-11,15-16,19,21,23,31H,6-7,12-14H2,1-5H3,(H,28,29)/t15-,16-,19-,21+,23-,26-/m0/s1. The zero-order valence-corrected chi connectivity index (χ0v) is 21.1. The van der Waals surface area contributed by atoms with Gasteiger partial charge in [0.25, 0.3) is 0 Å². The van der Waals surface area contributed by atoms with Crippen LogP contribution in [0.15, 0.2) is 24.3 Å². The molecule has 0 spiro atoms. The molecular weight excluding hydrogens is 437 g/mol. The van der Waals surface area contributed by atoms with Gasteiger partial charge < -0.3 is 15.3 Å². The van der Waals surface area contributed by atoms with Gasteiger partial charge in [0.05, 0.1) is 11.8 Å². The molecule has 4 rings (SSSR count). The minimum atomic E-state index is -0.531. The van der Waals surface area contributed by atoms with Crippen molar-refractivity contribution < 1.29 is 14.3 Å². The summed E-state index contributed by atoms with van der Waals surface area (Å²) in [5.41, 5.74) is 1.84. The summed E-state index contributed by atoms with van der Waals surface area (Å²) in [5, 5.41) is 15.7. The van der Waals surface area contributed by atoms with Gasteiger partial charge in [-0.1, -0.05) is 20.8 Å². The molecule has 0 radical (unpaired) electrons. The summed E-state index contributed by atoms with van der Waals surface area (Å²) in [6, 6.07) is 6.29. The number of thiazole rings is 1. The molecule has 1 saturated carbocycles. The number of aliphatic hydroxyl groups is 1. The van der Waals surface area contributed by atoms with E-state index in [1.165, 1.54) is 17.0 Å². The van der Waals surface area contributed by atoms with Crippen LogP contribution >= 0.6 is 11.3 Å². The van der Waals surface area contributed by atoms with Gasteiger partial charge in [0.15, 0.2) is 5.13 Å². The number of hydrogen-bond acceptors (Lipinski definition) is 5. The van der Waals surface area contributed by atoms with Crippen LogP contribution in [0.4, 0.5) is 15.2 Å². The minimum absolute atomic E-state index is 0.0139. The van der Waals surface area contributed by atoms with E-state index in [0.717, 1.165) is 35.8 Å². The molecule has 1 fully saturated rings. The molecule has 1 aromatic heterocycles. The second-order valence-electron chi connectivity index (χ2n) is 10.1. The Kier molecular flexibility index (Phi) is 6.83. The third kappa shape index (κ3) is 4.42. The second-order valence-corrected chi connectivity index (χ2v) is 11.2. The van der Waals surface area contributed by atoms with Crippen molar-refractivity contribution in [1.82, 2.24) is 9.88 Å². The first-order valence-corrected chi connectivity index (χ1v) is 13.0. The summed E-state index contributed by atoms with van der Waals surface area (Å²) in [7, 11) is 0. The zero-order chi connectivity index (χ0) is 23.9. The Bertz CT molecular complexity index is 990. The van der Waals surface area contributed by atoms with Crippen molar-refractivity contribution in [3.8, 4) is 0 Å². The van der Waals surface area contributed by atoms with Crippen LogP contribution in [0, 0.1) is 29.0 Å². The molecule has 0 saturated heterocycles. The smallest absolute Gasteiger partial charge is 0.225 e. The maximum Gasteiger partial charge on any atom is 0.225 e. The van der Waals surface area contributed by atoms with Gasteiger partial charge in [-0.25, -0.2) is 9.37 Å². The number of nitrogens with zero attached hydrogens (tertiary/aromatic N) is 2. The van der Waals surface area contributed by atoms with Crippen LogP contribution in [-0.2, 0) is 11.2 Å². The van der Waals surface area contributed by atoms with Gasteiger partial charge in [-0.3, -0.25) is 4.79 Å². The Morgan fingerprint density at radius 3 is 2.64 bits per heavy atom. The minimum Gasteiger partial charge on any atom is -0.392 e. The molecule has 0 unspecified atom stereocenters. The normalized spacial score (nSPS) is 29.7. The highest BCUT2D eigenvalue weighted by Crippen LogP contribution is 2.57. The predicted octanol–water partition coefficient (Wildman–Crippen LogP) is 5.58. The summed E-state index contributed by atoms with van der Waals surface area (Å²) in [6.07, 6.45) is 2.22. The quantitative estimate of drug-likeness (QED) is 0.575. The van der Waals surface area contributed by atoms with Crippen molar-refractivity contribution in [3.63, 3.8) is 0 Å².